The van der Waals surface area contributed by atoms with E-state index >= 15 is 8.78 Å². The lowest BCUT2D eigenvalue weighted by atomic mass is 9.95. The summed E-state index contributed by atoms with van der Waals surface area (Å²) in [5.41, 5.74) is -0.906. The van der Waals surface area contributed by atoms with Crippen LogP contribution in [0.2, 0.25) is 0 Å². The van der Waals surface area contributed by atoms with E-state index in [0.717, 1.165) is 19.4 Å². The molecule has 0 amide bonds. The molecule has 8 nitrogen and oxygen atoms in total. The summed E-state index contributed by atoms with van der Waals surface area (Å²) in [6.45, 7) is 1.57. The normalized spacial score (nSPS) is 25.1. The van der Waals surface area contributed by atoms with E-state index in [2.05, 4.69) is 25.8 Å². The molecule has 0 saturated carbocycles. The molecule has 5 heterocycles. The molecule has 1 N–H and O–H groups in total. The number of hydrogen-bond donors (Lipinski definition) is 1. The molecule has 3 saturated heterocycles. The number of anilines is 1. The fourth-order valence-corrected chi connectivity index (χ4v) is 7.46. The van der Waals surface area contributed by atoms with Gasteiger partial charge in [-0.25, -0.2) is 17.6 Å². The van der Waals surface area contributed by atoms with E-state index in [9.17, 15) is 13.9 Å². The van der Waals surface area contributed by atoms with Crippen molar-refractivity contribution in [2.45, 2.75) is 56.1 Å². The van der Waals surface area contributed by atoms with Gasteiger partial charge in [-0.2, -0.15) is 9.97 Å². The van der Waals surface area contributed by atoms with Crippen molar-refractivity contribution in [1.82, 2.24) is 19.9 Å². The molecule has 0 radical (unpaired) electrons. The Bertz CT molecular complexity index is 1870. The maximum Gasteiger partial charge on any atom is 0.319 e. The number of benzene rings is 2. The maximum absolute atomic E-state index is 16.8. The van der Waals surface area contributed by atoms with Gasteiger partial charge < -0.3 is 19.5 Å². The number of aromatic hydroxyl groups is 1. The summed E-state index contributed by atoms with van der Waals surface area (Å²) in [5, 5.41) is 11.3. The van der Waals surface area contributed by atoms with E-state index in [4.69, 9.17) is 15.9 Å². The Morgan fingerprint density at radius 2 is 1.98 bits per heavy atom. The first-order valence-corrected chi connectivity index (χ1v) is 15.4. The minimum Gasteiger partial charge on any atom is -0.508 e. The lowest BCUT2D eigenvalue weighted by Crippen LogP contribution is -2.43. The van der Waals surface area contributed by atoms with E-state index in [0.29, 0.717) is 37.7 Å². The predicted octanol–water partition coefficient (Wildman–Crippen LogP) is 5.72. The summed E-state index contributed by atoms with van der Waals surface area (Å²) in [4.78, 5) is 17.3. The second-order valence-electron chi connectivity index (χ2n) is 12.4. The molecule has 4 aromatic rings. The van der Waals surface area contributed by atoms with Gasteiger partial charge in [-0.3, -0.25) is 9.88 Å². The topological polar surface area (TPSA) is 83.8 Å². The summed E-state index contributed by atoms with van der Waals surface area (Å²) < 4.78 is 72.8. The van der Waals surface area contributed by atoms with Crippen molar-refractivity contribution in [3.8, 4) is 35.4 Å². The minimum absolute atomic E-state index is 0.0589. The van der Waals surface area contributed by atoms with Crippen molar-refractivity contribution in [2.24, 2.45) is 0 Å². The van der Waals surface area contributed by atoms with E-state index in [1.807, 2.05) is 0 Å². The van der Waals surface area contributed by atoms with Crippen LogP contribution in [0.3, 0.4) is 0 Å². The third kappa shape index (κ3) is 5.15. The molecule has 3 fully saturated rings. The molecular formula is C34H33F4N5O3. The molecule has 0 spiro atoms. The molecule has 2 aromatic carbocycles. The molecule has 2 aromatic heterocycles. The molecular weight excluding hydrogens is 602 g/mol. The molecule has 46 heavy (non-hydrogen) atoms. The highest BCUT2D eigenvalue weighted by atomic mass is 19.1. The van der Waals surface area contributed by atoms with Crippen LogP contribution in [-0.4, -0.2) is 88.8 Å². The molecule has 3 aliphatic rings. The van der Waals surface area contributed by atoms with Gasteiger partial charge in [0, 0.05) is 43.8 Å². The van der Waals surface area contributed by atoms with Crippen molar-refractivity contribution in [3.63, 3.8) is 0 Å². The van der Waals surface area contributed by atoms with Gasteiger partial charge in [0.15, 0.2) is 5.82 Å². The minimum atomic E-state index is -1.33. The third-order valence-corrected chi connectivity index (χ3v) is 9.64. The van der Waals surface area contributed by atoms with Crippen LogP contribution >= 0.6 is 0 Å². The Morgan fingerprint density at radius 1 is 1.13 bits per heavy atom. The predicted molar refractivity (Wildman–Crippen MR) is 165 cm³/mol. The standard InChI is InChI=1S/C34H33F4N5O3/c1-3-22-25(36)8-7-19-12-21(44)13-23(28(19)22)30-29(38)31-24(15-39-30)32(42-10-4-6-27(45-2)26(37)17-42)41-33(40-31)46-18-34-9-5-11-43(34)16-20(35)14-34/h1,7-8,12-13,15,20,26-27,44H,4-6,9-11,14,16-18H2,2H3/t20-,26?,27?,34+/m1/s1. The van der Waals surface area contributed by atoms with Crippen LogP contribution in [0.4, 0.5) is 23.4 Å². The van der Waals surface area contributed by atoms with E-state index < -0.39 is 35.6 Å². The van der Waals surface area contributed by atoms with Gasteiger partial charge in [0.2, 0.25) is 0 Å². The lowest BCUT2D eigenvalue weighted by molar-refractivity contribution is 0.0342. The largest absolute Gasteiger partial charge is 0.508 e. The second kappa shape index (κ2) is 11.9. The molecule has 0 bridgehead atoms. The van der Waals surface area contributed by atoms with Crippen LogP contribution in [0.1, 0.15) is 37.7 Å². The number of ether oxygens (including phenoxy) is 2. The molecule has 2 unspecified atom stereocenters. The number of fused-ring (bicyclic) bond motifs is 3. The number of hydrogen-bond acceptors (Lipinski definition) is 8. The highest BCUT2D eigenvalue weighted by Gasteiger charge is 2.49. The van der Waals surface area contributed by atoms with Crippen LogP contribution in [0.25, 0.3) is 32.9 Å². The summed E-state index contributed by atoms with van der Waals surface area (Å²) in [7, 11) is 1.47. The number of phenolic OH excluding ortho intramolecular Hbond substituents is 1. The number of phenols is 1. The Morgan fingerprint density at radius 3 is 2.78 bits per heavy atom. The second-order valence-corrected chi connectivity index (χ2v) is 12.4. The fraction of sp³-hybridized carbons (Fsp3) is 0.441. The quantitative estimate of drug-likeness (QED) is 0.213. The van der Waals surface area contributed by atoms with Gasteiger partial charge in [-0.1, -0.05) is 12.0 Å². The van der Waals surface area contributed by atoms with Crippen LogP contribution in [0, 0.1) is 24.0 Å². The highest BCUT2D eigenvalue weighted by molar-refractivity contribution is 6.03. The van der Waals surface area contributed by atoms with Gasteiger partial charge in [0.25, 0.3) is 0 Å². The van der Waals surface area contributed by atoms with Crippen LogP contribution in [0.5, 0.6) is 11.8 Å². The Balaban J connectivity index is 1.38. The number of aromatic nitrogens is 3. The summed E-state index contributed by atoms with van der Waals surface area (Å²) in [5.74, 6) is 0.822. The molecule has 12 heteroatoms. The summed E-state index contributed by atoms with van der Waals surface area (Å²) in [6, 6.07) is 5.16. The fourth-order valence-electron chi connectivity index (χ4n) is 7.46. The molecule has 3 aliphatic heterocycles. The third-order valence-electron chi connectivity index (χ3n) is 9.64. The molecule has 0 aliphatic carbocycles. The van der Waals surface area contributed by atoms with Crippen molar-refractivity contribution in [1.29, 1.82) is 0 Å². The number of alkyl halides is 2. The highest BCUT2D eigenvalue weighted by Crippen LogP contribution is 2.42. The summed E-state index contributed by atoms with van der Waals surface area (Å²) >= 11 is 0. The molecule has 7 rings (SSSR count). The average Bonchev–Trinajstić information content (AvgIpc) is 3.49. The number of methoxy groups -OCH3 is 1. The first-order chi connectivity index (χ1) is 22.2. The van der Waals surface area contributed by atoms with Gasteiger partial charge >= 0.3 is 6.01 Å². The smallest absolute Gasteiger partial charge is 0.319 e. The van der Waals surface area contributed by atoms with Gasteiger partial charge in [0.1, 0.15) is 47.5 Å². The van der Waals surface area contributed by atoms with Crippen molar-refractivity contribution in [3.05, 3.63) is 47.7 Å². The first-order valence-electron chi connectivity index (χ1n) is 15.4. The SMILES string of the molecule is C#Cc1c(F)ccc2cc(O)cc(-c3ncc4c(N5CCCC(OC)C(F)C5)nc(OC[C@@]56CCCN5C[C@H](F)C6)nc4c3F)c12. The monoisotopic (exact) mass is 635 g/mol. The van der Waals surface area contributed by atoms with E-state index in [1.54, 1.807) is 4.90 Å². The molecule has 4 atom stereocenters. The van der Waals surface area contributed by atoms with Crippen molar-refractivity contribution in [2.75, 3.05) is 44.8 Å². The Hall–Kier alpha value is -4.21. The number of terminal acetylenes is 1. The Kier molecular flexibility index (Phi) is 7.85. The number of pyridine rings is 1. The number of rotatable bonds is 6. The van der Waals surface area contributed by atoms with Crippen LogP contribution in [0.15, 0.2) is 30.5 Å². The Labute approximate surface area is 263 Å². The summed E-state index contributed by atoms with van der Waals surface area (Å²) in [6.07, 6.45) is 7.22. The van der Waals surface area contributed by atoms with E-state index in [-0.39, 0.29) is 63.8 Å². The van der Waals surface area contributed by atoms with Crippen molar-refractivity contribution < 1.29 is 32.1 Å². The van der Waals surface area contributed by atoms with Crippen LogP contribution < -0.4 is 9.64 Å². The lowest BCUT2D eigenvalue weighted by Gasteiger charge is -2.31. The van der Waals surface area contributed by atoms with Gasteiger partial charge in [-0.15, -0.1) is 6.42 Å². The van der Waals surface area contributed by atoms with Gasteiger partial charge in [-0.05, 0) is 55.8 Å². The maximum atomic E-state index is 16.8. The number of nitrogens with zero attached hydrogens (tertiary/aromatic N) is 5. The first kappa shape index (κ1) is 30.4. The number of halogens is 4. The van der Waals surface area contributed by atoms with Gasteiger partial charge in [0.05, 0.1) is 29.1 Å². The van der Waals surface area contributed by atoms with E-state index in [1.165, 1.54) is 37.6 Å². The molecule has 240 valence electrons. The average molecular weight is 636 g/mol. The van der Waals surface area contributed by atoms with Crippen molar-refractivity contribution >= 4 is 27.5 Å². The zero-order valence-electron chi connectivity index (χ0n) is 25.3. The van der Waals surface area contributed by atoms with Crippen LogP contribution in [-0.2, 0) is 4.74 Å². The zero-order chi connectivity index (χ0) is 32.2. The zero-order valence-corrected chi connectivity index (χ0v) is 25.3.